The molecule has 5 rings (SSSR count). The number of alkyl carbamates (subject to hydrolysis) is 1. The highest BCUT2D eigenvalue weighted by Gasteiger charge is 2.27. The predicted octanol–water partition coefficient (Wildman–Crippen LogP) is 5.27. The first-order valence-electron chi connectivity index (χ1n) is 11.7. The summed E-state index contributed by atoms with van der Waals surface area (Å²) >= 11 is 1.56. The molecule has 2 amide bonds. The lowest BCUT2D eigenvalue weighted by Crippen LogP contribution is -2.48. The van der Waals surface area contributed by atoms with Gasteiger partial charge in [0.15, 0.2) is 0 Å². The monoisotopic (exact) mass is 498 g/mol. The number of nitrogens with zero attached hydrogens (tertiary/aromatic N) is 2. The van der Waals surface area contributed by atoms with Crippen molar-refractivity contribution in [1.82, 2.24) is 20.2 Å². The zero-order chi connectivity index (χ0) is 24.9. The molecule has 1 atom stereocenters. The summed E-state index contributed by atoms with van der Waals surface area (Å²) in [6.45, 7) is 0.478. The summed E-state index contributed by atoms with van der Waals surface area (Å²) in [5, 5.41) is 4.65. The van der Waals surface area contributed by atoms with E-state index < -0.39 is 12.1 Å². The van der Waals surface area contributed by atoms with Crippen LogP contribution in [0, 0.1) is 0 Å². The summed E-state index contributed by atoms with van der Waals surface area (Å²) in [6.07, 6.45) is 1.58. The van der Waals surface area contributed by atoms with E-state index in [1.54, 1.807) is 23.3 Å². The van der Waals surface area contributed by atoms with E-state index in [1.807, 2.05) is 85.1 Å². The lowest BCUT2D eigenvalue weighted by Gasteiger charge is -2.24. The lowest BCUT2D eigenvalue weighted by atomic mass is 10.0. The van der Waals surface area contributed by atoms with Crippen LogP contribution in [0.2, 0.25) is 0 Å². The highest BCUT2D eigenvalue weighted by molar-refractivity contribution is 7.18. The first-order valence-corrected chi connectivity index (χ1v) is 12.5. The number of para-hydroxylation sites is 2. The smallest absolute Gasteiger partial charge is 0.408 e. The molecule has 2 N–H and O–H groups in total. The molecule has 2 heterocycles. The van der Waals surface area contributed by atoms with E-state index in [9.17, 15) is 9.59 Å². The molecule has 36 heavy (non-hydrogen) atoms. The molecule has 0 saturated carbocycles. The van der Waals surface area contributed by atoms with Crippen LogP contribution in [-0.4, -0.2) is 40.0 Å². The van der Waals surface area contributed by atoms with E-state index in [4.69, 9.17) is 4.74 Å². The van der Waals surface area contributed by atoms with Gasteiger partial charge in [0.1, 0.15) is 17.7 Å². The second-order valence-electron chi connectivity index (χ2n) is 8.59. The van der Waals surface area contributed by atoms with Gasteiger partial charge in [-0.15, -0.1) is 11.3 Å². The van der Waals surface area contributed by atoms with Gasteiger partial charge in [-0.2, -0.15) is 0 Å². The molecule has 5 aromatic rings. The summed E-state index contributed by atoms with van der Waals surface area (Å²) in [7, 11) is 1.73. The van der Waals surface area contributed by atoms with Crippen molar-refractivity contribution in [2.45, 2.75) is 25.6 Å². The second kappa shape index (κ2) is 10.6. The third kappa shape index (κ3) is 5.39. The Labute approximate surface area is 212 Å². The molecule has 182 valence electrons. The predicted molar refractivity (Wildman–Crippen MR) is 142 cm³/mol. The number of benzene rings is 3. The summed E-state index contributed by atoms with van der Waals surface area (Å²) in [6, 6.07) is 24.4. The Bertz CT molecular complexity index is 1460. The van der Waals surface area contributed by atoms with Crippen molar-refractivity contribution < 1.29 is 14.3 Å². The van der Waals surface area contributed by atoms with Gasteiger partial charge in [0.25, 0.3) is 0 Å². The molecule has 0 aliphatic rings. The average Bonchev–Trinajstić information content (AvgIpc) is 3.50. The molecular weight excluding hydrogens is 472 g/mol. The second-order valence-corrected chi connectivity index (χ2v) is 9.71. The molecule has 2 aromatic heterocycles. The van der Waals surface area contributed by atoms with E-state index in [2.05, 4.69) is 15.3 Å². The maximum Gasteiger partial charge on any atom is 0.408 e. The van der Waals surface area contributed by atoms with E-state index >= 15 is 0 Å². The topological polar surface area (TPSA) is 87.3 Å². The molecule has 8 heteroatoms. The van der Waals surface area contributed by atoms with Gasteiger partial charge in [-0.25, -0.2) is 9.78 Å². The van der Waals surface area contributed by atoms with Crippen LogP contribution in [0.25, 0.3) is 21.1 Å². The molecular formula is C28H26N4O3S. The SMILES string of the molecule is CN(Cc1nc2ccccc2s1)C(=O)[C@H](Cc1c[nH]c2ccccc12)NC(=O)OCc1ccccc1. The number of rotatable bonds is 8. The Morgan fingerprint density at radius 1 is 1.03 bits per heavy atom. The highest BCUT2D eigenvalue weighted by Crippen LogP contribution is 2.23. The summed E-state index contributed by atoms with van der Waals surface area (Å²) in [5.74, 6) is -0.212. The first kappa shape index (κ1) is 23.6. The Balaban J connectivity index is 1.32. The van der Waals surface area contributed by atoms with Gasteiger partial charge < -0.3 is 19.9 Å². The van der Waals surface area contributed by atoms with E-state index in [-0.39, 0.29) is 12.5 Å². The van der Waals surface area contributed by atoms with Crippen LogP contribution in [0.5, 0.6) is 0 Å². The number of H-pyrrole nitrogens is 1. The van der Waals surface area contributed by atoms with E-state index in [1.165, 1.54) is 0 Å². The third-order valence-corrected chi connectivity index (χ3v) is 7.01. The number of likely N-dealkylation sites (N-methyl/N-ethyl adjacent to an activating group) is 1. The Hall–Kier alpha value is -4.17. The number of nitrogens with one attached hydrogen (secondary N) is 2. The molecule has 0 saturated heterocycles. The Morgan fingerprint density at radius 2 is 1.78 bits per heavy atom. The van der Waals surface area contributed by atoms with Crippen LogP contribution in [0.1, 0.15) is 16.1 Å². The zero-order valence-electron chi connectivity index (χ0n) is 19.8. The zero-order valence-corrected chi connectivity index (χ0v) is 20.6. The average molecular weight is 499 g/mol. The fraction of sp³-hybridized carbons (Fsp3) is 0.179. The number of hydrogen-bond donors (Lipinski definition) is 2. The fourth-order valence-corrected chi connectivity index (χ4v) is 5.18. The Morgan fingerprint density at radius 3 is 2.61 bits per heavy atom. The number of thiazole rings is 1. The molecule has 0 fully saturated rings. The minimum atomic E-state index is -0.799. The van der Waals surface area contributed by atoms with Crippen molar-refractivity contribution in [2.24, 2.45) is 0 Å². The highest BCUT2D eigenvalue weighted by atomic mass is 32.1. The normalized spacial score (nSPS) is 11.9. The van der Waals surface area contributed by atoms with Crippen LogP contribution >= 0.6 is 11.3 Å². The number of fused-ring (bicyclic) bond motifs is 2. The lowest BCUT2D eigenvalue weighted by molar-refractivity contribution is -0.132. The minimum absolute atomic E-state index is 0.127. The van der Waals surface area contributed by atoms with Crippen molar-refractivity contribution in [3.63, 3.8) is 0 Å². The van der Waals surface area contributed by atoms with E-state index in [0.717, 1.165) is 37.3 Å². The third-order valence-electron chi connectivity index (χ3n) is 5.99. The van der Waals surface area contributed by atoms with Gasteiger partial charge in [0.2, 0.25) is 5.91 Å². The number of amides is 2. The molecule has 0 unspecified atom stereocenters. The Kier molecular flexibility index (Phi) is 6.95. The molecule has 0 spiro atoms. The molecule has 3 aromatic carbocycles. The maximum atomic E-state index is 13.6. The number of carbonyl (C=O) groups is 2. The van der Waals surface area contributed by atoms with Crippen LogP contribution in [-0.2, 0) is 29.1 Å². The van der Waals surface area contributed by atoms with Crippen LogP contribution in [0.3, 0.4) is 0 Å². The molecule has 0 radical (unpaired) electrons. The number of hydrogen-bond acceptors (Lipinski definition) is 5. The quantitative estimate of drug-likeness (QED) is 0.305. The molecule has 0 aliphatic carbocycles. The van der Waals surface area contributed by atoms with Crippen LogP contribution in [0.15, 0.2) is 85.1 Å². The number of carbonyl (C=O) groups excluding carboxylic acids is 2. The van der Waals surface area contributed by atoms with Crippen molar-refractivity contribution in [2.75, 3.05) is 7.05 Å². The minimum Gasteiger partial charge on any atom is -0.445 e. The van der Waals surface area contributed by atoms with Gasteiger partial charge >= 0.3 is 6.09 Å². The fourth-order valence-electron chi connectivity index (χ4n) is 4.16. The van der Waals surface area contributed by atoms with Gasteiger partial charge in [-0.1, -0.05) is 60.7 Å². The molecule has 0 bridgehead atoms. The number of aromatic nitrogens is 2. The maximum absolute atomic E-state index is 13.6. The summed E-state index contributed by atoms with van der Waals surface area (Å²) in [4.78, 5) is 35.7. The number of aromatic amines is 1. The van der Waals surface area contributed by atoms with E-state index in [0.29, 0.717) is 13.0 Å². The van der Waals surface area contributed by atoms with Crippen molar-refractivity contribution >= 4 is 44.5 Å². The largest absolute Gasteiger partial charge is 0.445 e. The number of ether oxygens (including phenoxy) is 1. The van der Waals surface area contributed by atoms with Gasteiger partial charge in [0, 0.05) is 30.6 Å². The first-order chi connectivity index (χ1) is 17.6. The van der Waals surface area contributed by atoms with Crippen LogP contribution < -0.4 is 5.32 Å². The molecule has 7 nitrogen and oxygen atoms in total. The van der Waals surface area contributed by atoms with Crippen molar-refractivity contribution in [3.05, 3.63) is 101 Å². The summed E-state index contributed by atoms with van der Waals surface area (Å²) < 4.78 is 6.49. The van der Waals surface area contributed by atoms with Gasteiger partial charge in [0.05, 0.1) is 16.8 Å². The molecule has 0 aliphatic heterocycles. The van der Waals surface area contributed by atoms with Gasteiger partial charge in [-0.05, 0) is 29.3 Å². The summed E-state index contributed by atoms with van der Waals surface area (Å²) in [5.41, 5.74) is 3.71. The van der Waals surface area contributed by atoms with Gasteiger partial charge in [-0.3, -0.25) is 4.79 Å². The van der Waals surface area contributed by atoms with Crippen LogP contribution in [0.4, 0.5) is 4.79 Å². The standard InChI is InChI=1S/C28H26N4O3S/c1-32(17-26-30-23-13-7-8-14-25(23)36-26)27(33)24(15-20-16-29-22-12-6-5-11-21(20)22)31-28(34)35-18-19-9-3-2-4-10-19/h2-14,16,24,29H,15,17-18H2,1H3,(H,31,34)/t24-/m0/s1. The van der Waals surface area contributed by atoms with Crippen molar-refractivity contribution in [3.8, 4) is 0 Å². The van der Waals surface area contributed by atoms with Crippen molar-refractivity contribution in [1.29, 1.82) is 0 Å².